The van der Waals surface area contributed by atoms with Crippen LogP contribution in [-0.2, 0) is 20.5 Å². The molecule has 1 unspecified atom stereocenters. The van der Waals surface area contributed by atoms with Gasteiger partial charge in [-0.3, -0.25) is 0 Å². The highest BCUT2D eigenvalue weighted by Gasteiger charge is 2.17. The van der Waals surface area contributed by atoms with Gasteiger partial charge in [0.2, 0.25) is 6.29 Å². The van der Waals surface area contributed by atoms with Gasteiger partial charge in [-0.2, -0.15) is 4.40 Å². The number of rotatable bonds is 6. The maximum absolute atomic E-state index is 12.1. The molecule has 1 aromatic rings. The van der Waals surface area contributed by atoms with Gasteiger partial charge < -0.3 is 9.47 Å². The minimum atomic E-state index is -1.38. The Morgan fingerprint density at radius 2 is 2.00 bits per heavy atom. The number of hydrogen-bond donors (Lipinski definition) is 0. The maximum atomic E-state index is 12.1. The summed E-state index contributed by atoms with van der Waals surface area (Å²) in [5.74, 6) is 0.0253. The zero-order valence-electron chi connectivity index (χ0n) is 13.0. The lowest BCUT2D eigenvalue weighted by Crippen LogP contribution is -2.26. The van der Waals surface area contributed by atoms with Crippen molar-refractivity contribution in [2.24, 2.45) is 10.3 Å². The van der Waals surface area contributed by atoms with Crippen molar-refractivity contribution in [3.63, 3.8) is 0 Å². The summed E-state index contributed by atoms with van der Waals surface area (Å²) in [7, 11) is -1.38. The van der Waals surface area contributed by atoms with E-state index in [2.05, 4.69) is 4.40 Å². The highest BCUT2D eigenvalue weighted by atomic mass is 32.2. The third kappa shape index (κ3) is 4.93. The van der Waals surface area contributed by atoms with Gasteiger partial charge in [0.1, 0.15) is 0 Å². The minimum absolute atomic E-state index is 0.0253. The van der Waals surface area contributed by atoms with Crippen molar-refractivity contribution in [2.45, 2.75) is 38.1 Å². The van der Waals surface area contributed by atoms with E-state index >= 15 is 0 Å². The first-order chi connectivity index (χ1) is 10.6. The molecule has 1 aliphatic heterocycles. The number of allylic oxidation sites excluding steroid dienone is 2. The van der Waals surface area contributed by atoms with Crippen LogP contribution in [0.4, 0.5) is 0 Å². The van der Waals surface area contributed by atoms with Crippen LogP contribution < -0.4 is 0 Å². The molecule has 0 saturated heterocycles. The smallest absolute Gasteiger partial charge is 0.219 e. The molecule has 0 aliphatic carbocycles. The molecule has 0 spiro atoms. The predicted octanol–water partition coefficient (Wildman–Crippen LogP) is 3.56. The van der Waals surface area contributed by atoms with Crippen LogP contribution in [0.2, 0.25) is 0 Å². The molecule has 118 valence electrons. The summed E-state index contributed by atoms with van der Waals surface area (Å²) in [6.07, 6.45) is 8.33. The van der Waals surface area contributed by atoms with Gasteiger partial charge in [-0.25, -0.2) is 4.21 Å². The second-order valence-corrected chi connectivity index (χ2v) is 6.42. The van der Waals surface area contributed by atoms with Crippen LogP contribution >= 0.6 is 0 Å². The van der Waals surface area contributed by atoms with Gasteiger partial charge in [-0.1, -0.05) is 30.7 Å². The SMILES string of the molecule is Cc1ccc(S(=O)N=C[C@H](C)[C@H](C)O[C@@H]2C=CC=CO2)cc1. The lowest BCUT2D eigenvalue weighted by atomic mass is 10.1. The van der Waals surface area contributed by atoms with Crippen molar-refractivity contribution >= 4 is 17.2 Å². The van der Waals surface area contributed by atoms with Gasteiger partial charge >= 0.3 is 0 Å². The van der Waals surface area contributed by atoms with Crippen LogP contribution in [0.3, 0.4) is 0 Å². The molecule has 0 N–H and O–H groups in total. The molecule has 0 bridgehead atoms. The fraction of sp³-hybridized carbons (Fsp3) is 0.353. The predicted molar refractivity (Wildman–Crippen MR) is 88.9 cm³/mol. The van der Waals surface area contributed by atoms with Crippen LogP contribution in [0.1, 0.15) is 19.4 Å². The van der Waals surface area contributed by atoms with Crippen molar-refractivity contribution in [3.8, 4) is 0 Å². The Morgan fingerprint density at radius 3 is 2.64 bits per heavy atom. The molecule has 1 aromatic carbocycles. The lowest BCUT2D eigenvalue weighted by molar-refractivity contribution is -0.113. The molecule has 0 radical (unpaired) electrons. The molecule has 4 atom stereocenters. The molecule has 0 amide bonds. The summed E-state index contributed by atoms with van der Waals surface area (Å²) >= 11 is 0. The highest BCUT2D eigenvalue weighted by molar-refractivity contribution is 7.83. The highest BCUT2D eigenvalue weighted by Crippen LogP contribution is 2.14. The first kappa shape index (κ1) is 16.6. The first-order valence-corrected chi connectivity index (χ1v) is 8.34. The van der Waals surface area contributed by atoms with Crippen LogP contribution in [0.5, 0.6) is 0 Å². The van der Waals surface area contributed by atoms with E-state index in [4.69, 9.17) is 9.47 Å². The molecule has 5 heteroatoms. The summed E-state index contributed by atoms with van der Waals surface area (Å²) in [5, 5.41) is 0. The molecule has 0 aromatic heterocycles. The summed E-state index contributed by atoms with van der Waals surface area (Å²) in [4.78, 5) is 0.700. The summed E-state index contributed by atoms with van der Waals surface area (Å²) in [6, 6.07) is 7.52. The third-order valence-electron chi connectivity index (χ3n) is 3.37. The first-order valence-electron chi connectivity index (χ1n) is 7.23. The molecular weight excluding hydrogens is 298 g/mol. The van der Waals surface area contributed by atoms with Gasteiger partial charge in [0.25, 0.3) is 0 Å². The Morgan fingerprint density at radius 1 is 1.27 bits per heavy atom. The third-order valence-corrected chi connectivity index (χ3v) is 4.36. The molecule has 2 rings (SSSR count). The number of nitrogens with zero attached hydrogens (tertiary/aromatic N) is 1. The second kappa shape index (κ2) is 8.06. The molecule has 4 nitrogen and oxygen atoms in total. The Labute approximate surface area is 134 Å². The lowest BCUT2D eigenvalue weighted by Gasteiger charge is -2.23. The molecular formula is C17H21NO3S. The van der Waals surface area contributed by atoms with Crippen LogP contribution in [0.25, 0.3) is 0 Å². The monoisotopic (exact) mass is 319 g/mol. The summed E-state index contributed by atoms with van der Waals surface area (Å²) in [5.41, 5.74) is 1.13. The minimum Gasteiger partial charge on any atom is -0.469 e. The number of aryl methyl sites for hydroxylation is 1. The van der Waals surface area contributed by atoms with Crippen molar-refractivity contribution in [1.82, 2.24) is 0 Å². The summed E-state index contributed by atoms with van der Waals surface area (Å²) < 4.78 is 27.3. The number of hydrogen-bond acceptors (Lipinski definition) is 3. The number of benzene rings is 1. The molecule has 0 saturated carbocycles. The van der Waals surface area contributed by atoms with Gasteiger partial charge in [0.05, 0.1) is 17.3 Å². The molecule has 0 fully saturated rings. The Hall–Kier alpha value is -1.72. The average molecular weight is 319 g/mol. The van der Waals surface area contributed by atoms with E-state index in [1.54, 1.807) is 18.6 Å². The van der Waals surface area contributed by atoms with E-state index in [0.717, 1.165) is 5.56 Å². The molecule has 22 heavy (non-hydrogen) atoms. The van der Waals surface area contributed by atoms with Crippen LogP contribution in [0, 0.1) is 12.8 Å². The maximum Gasteiger partial charge on any atom is 0.219 e. The Bertz CT molecular complexity index is 592. The quantitative estimate of drug-likeness (QED) is 0.753. The van der Waals surface area contributed by atoms with Crippen LogP contribution in [-0.4, -0.2) is 22.8 Å². The van der Waals surface area contributed by atoms with E-state index in [0.29, 0.717) is 4.90 Å². The van der Waals surface area contributed by atoms with Crippen molar-refractivity contribution < 1.29 is 13.7 Å². The van der Waals surface area contributed by atoms with E-state index in [1.807, 2.05) is 57.2 Å². The number of ether oxygens (including phenoxy) is 2. The largest absolute Gasteiger partial charge is 0.469 e. The zero-order valence-corrected chi connectivity index (χ0v) is 13.8. The standard InChI is InChI=1S/C17H21NO3S/c1-13-7-9-16(10-8-13)22(19)18-12-14(2)15(3)21-17-6-4-5-11-20-17/h4-12,14-15,17H,1-3H3/t14-,15-,17+,22?/m0/s1. The van der Waals surface area contributed by atoms with Crippen LogP contribution in [0.15, 0.2) is 58.0 Å². The molecule has 1 heterocycles. The average Bonchev–Trinajstić information content (AvgIpc) is 2.53. The Balaban J connectivity index is 1.88. The van der Waals surface area contributed by atoms with Gasteiger partial charge in [-0.15, -0.1) is 0 Å². The fourth-order valence-corrected chi connectivity index (χ4v) is 2.56. The Kier molecular flexibility index (Phi) is 6.10. The van der Waals surface area contributed by atoms with Crippen molar-refractivity contribution in [2.75, 3.05) is 0 Å². The normalized spacial score (nSPS) is 21.5. The van der Waals surface area contributed by atoms with E-state index in [-0.39, 0.29) is 18.3 Å². The van der Waals surface area contributed by atoms with Crippen molar-refractivity contribution in [3.05, 3.63) is 54.3 Å². The van der Waals surface area contributed by atoms with Crippen molar-refractivity contribution in [1.29, 1.82) is 0 Å². The zero-order chi connectivity index (χ0) is 15.9. The van der Waals surface area contributed by atoms with Gasteiger partial charge in [0, 0.05) is 12.1 Å². The van der Waals surface area contributed by atoms with Gasteiger partial charge in [0.15, 0.2) is 11.0 Å². The van der Waals surface area contributed by atoms with E-state index in [1.165, 1.54) is 0 Å². The fourth-order valence-electron chi connectivity index (χ4n) is 1.77. The summed E-state index contributed by atoms with van der Waals surface area (Å²) in [6.45, 7) is 5.91. The van der Waals surface area contributed by atoms with E-state index < -0.39 is 11.0 Å². The van der Waals surface area contributed by atoms with E-state index in [9.17, 15) is 4.21 Å². The molecule has 1 aliphatic rings. The topological polar surface area (TPSA) is 47.9 Å². The second-order valence-electron chi connectivity index (χ2n) is 5.23. The van der Waals surface area contributed by atoms with Gasteiger partial charge in [-0.05, 0) is 38.1 Å².